The molecule has 0 spiro atoms. The molecule has 0 unspecified atom stereocenters. The number of nitrogens with zero attached hydrogens (tertiary/aromatic N) is 2. The van der Waals surface area contributed by atoms with Crippen molar-refractivity contribution >= 4 is 11.6 Å². The lowest BCUT2D eigenvalue weighted by Crippen LogP contribution is -2.43. The van der Waals surface area contributed by atoms with Gasteiger partial charge in [-0.1, -0.05) is 0 Å². The number of hydrogen-bond donors (Lipinski definition) is 1. The Kier molecular flexibility index (Phi) is 4.00. The van der Waals surface area contributed by atoms with Gasteiger partial charge in [0.05, 0.1) is 5.56 Å². The van der Waals surface area contributed by atoms with Gasteiger partial charge in [0.1, 0.15) is 0 Å². The minimum Gasteiger partial charge on any atom is -0.369 e. The van der Waals surface area contributed by atoms with Crippen LogP contribution in [0.4, 0.5) is 18.9 Å². The molecule has 2 aliphatic rings. The first kappa shape index (κ1) is 16.1. The Morgan fingerprint density at radius 1 is 1.17 bits per heavy atom. The lowest BCUT2D eigenvalue weighted by Gasteiger charge is -2.30. The van der Waals surface area contributed by atoms with Crippen LogP contribution >= 0.6 is 0 Å². The lowest BCUT2D eigenvalue weighted by molar-refractivity contribution is -0.138. The van der Waals surface area contributed by atoms with Gasteiger partial charge in [0, 0.05) is 50.0 Å². The Bertz CT molecular complexity index is 622. The van der Waals surface area contributed by atoms with E-state index in [1.54, 1.807) is 6.07 Å². The highest BCUT2D eigenvalue weighted by Gasteiger charge is 2.41. The number of benzene rings is 1. The molecule has 3 rings (SSSR count). The molecule has 0 saturated carbocycles. The molecule has 0 aromatic heterocycles. The van der Waals surface area contributed by atoms with Crippen LogP contribution in [0.15, 0.2) is 12.1 Å². The summed E-state index contributed by atoms with van der Waals surface area (Å²) < 4.78 is 40.5. The van der Waals surface area contributed by atoms with Crippen molar-refractivity contribution < 1.29 is 18.0 Å². The molecule has 2 heterocycles. The first-order valence-electron chi connectivity index (χ1n) is 7.80. The molecule has 2 aliphatic heterocycles. The lowest BCUT2D eigenvalue weighted by atomic mass is 10.0. The zero-order valence-electron chi connectivity index (χ0n) is 13.2. The van der Waals surface area contributed by atoms with Crippen LogP contribution in [0.2, 0.25) is 0 Å². The van der Waals surface area contributed by atoms with Gasteiger partial charge in [-0.05, 0) is 31.5 Å². The first-order valence-corrected chi connectivity index (χ1v) is 7.80. The van der Waals surface area contributed by atoms with E-state index in [2.05, 4.69) is 5.32 Å². The molecule has 126 valence electrons. The maximum atomic E-state index is 13.5. The van der Waals surface area contributed by atoms with Gasteiger partial charge in [-0.2, -0.15) is 13.2 Å². The molecule has 1 aromatic rings. The van der Waals surface area contributed by atoms with E-state index in [1.165, 1.54) is 11.0 Å². The molecule has 4 nitrogen and oxygen atoms in total. The van der Waals surface area contributed by atoms with E-state index >= 15 is 0 Å². The van der Waals surface area contributed by atoms with Crippen LogP contribution < -0.4 is 10.2 Å². The summed E-state index contributed by atoms with van der Waals surface area (Å²) in [7, 11) is 0. The SMILES string of the molecule is CC(C)N1Cc2c(cc(N3CCNCC3)cc2C(F)(F)F)C1=O. The Morgan fingerprint density at radius 3 is 2.39 bits per heavy atom. The smallest absolute Gasteiger partial charge is 0.369 e. The van der Waals surface area contributed by atoms with E-state index in [1.807, 2.05) is 18.7 Å². The molecule has 0 radical (unpaired) electrons. The summed E-state index contributed by atoms with van der Waals surface area (Å²) >= 11 is 0. The standard InChI is InChI=1S/C16H20F3N3O/c1-10(2)22-9-13-12(15(22)23)7-11(8-14(13)16(17,18)19)21-5-3-20-4-6-21/h7-8,10,20H,3-6,9H2,1-2H3. The Labute approximate surface area is 133 Å². The predicted molar refractivity (Wildman–Crippen MR) is 81.5 cm³/mol. The van der Waals surface area contributed by atoms with Gasteiger partial charge in [0.25, 0.3) is 5.91 Å². The molecule has 7 heteroatoms. The third kappa shape index (κ3) is 2.89. The third-order valence-corrected chi connectivity index (χ3v) is 4.47. The molecule has 1 saturated heterocycles. The summed E-state index contributed by atoms with van der Waals surface area (Å²) in [6.45, 7) is 6.39. The van der Waals surface area contributed by atoms with Gasteiger partial charge in [0.15, 0.2) is 0 Å². The van der Waals surface area contributed by atoms with Gasteiger partial charge in [-0.15, -0.1) is 0 Å². The highest BCUT2D eigenvalue weighted by Crippen LogP contribution is 2.40. The molecule has 0 atom stereocenters. The highest BCUT2D eigenvalue weighted by molar-refractivity contribution is 6.00. The minimum atomic E-state index is -4.46. The number of nitrogens with one attached hydrogen (secondary N) is 1. The van der Waals surface area contributed by atoms with Crippen LogP contribution in [0.25, 0.3) is 0 Å². The summed E-state index contributed by atoms with van der Waals surface area (Å²) in [4.78, 5) is 15.9. The molecule has 1 N–H and O–H groups in total. The number of alkyl halides is 3. The minimum absolute atomic E-state index is 0.0303. The van der Waals surface area contributed by atoms with Crippen molar-refractivity contribution in [2.24, 2.45) is 0 Å². The van der Waals surface area contributed by atoms with Gasteiger partial charge in [-0.25, -0.2) is 0 Å². The molecular formula is C16H20F3N3O. The number of fused-ring (bicyclic) bond motifs is 1. The van der Waals surface area contributed by atoms with Crippen molar-refractivity contribution in [3.8, 4) is 0 Å². The molecule has 0 aliphatic carbocycles. The largest absolute Gasteiger partial charge is 0.416 e. The fourth-order valence-corrected chi connectivity index (χ4v) is 3.19. The second-order valence-corrected chi connectivity index (χ2v) is 6.28. The fraction of sp³-hybridized carbons (Fsp3) is 0.562. The van der Waals surface area contributed by atoms with E-state index in [0.29, 0.717) is 18.8 Å². The van der Waals surface area contributed by atoms with Crippen molar-refractivity contribution in [1.29, 1.82) is 0 Å². The van der Waals surface area contributed by atoms with E-state index < -0.39 is 11.7 Å². The van der Waals surface area contributed by atoms with Crippen LogP contribution in [-0.4, -0.2) is 43.0 Å². The first-order chi connectivity index (χ1) is 10.8. The molecular weight excluding hydrogens is 307 g/mol. The quantitative estimate of drug-likeness (QED) is 0.906. The van der Waals surface area contributed by atoms with Crippen LogP contribution in [0.5, 0.6) is 0 Å². The van der Waals surface area contributed by atoms with Crippen molar-refractivity contribution in [2.45, 2.75) is 32.6 Å². The van der Waals surface area contributed by atoms with Crippen LogP contribution in [0, 0.1) is 0 Å². The number of anilines is 1. The maximum Gasteiger partial charge on any atom is 0.416 e. The Morgan fingerprint density at radius 2 is 1.83 bits per heavy atom. The van der Waals surface area contributed by atoms with Gasteiger partial charge in [-0.3, -0.25) is 4.79 Å². The van der Waals surface area contributed by atoms with Crippen LogP contribution in [0.1, 0.15) is 35.3 Å². The molecule has 23 heavy (non-hydrogen) atoms. The summed E-state index contributed by atoms with van der Waals surface area (Å²) in [5, 5.41) is 3.17. The van der Waals surface area contributed by atoms with Gasteiger partial charge >= 0.3 is 6.18 Å². The fourth-order valence-electron chi connectivity index (χ4n) is 3.19. The summed E-state index contributed by atoms with van der Waals surface area (Å²) in [5.74, 6) is -0.308. The molecule has 1 fully saturated rings. The second-order valence-electron chi connectivity index (χ2n) is 6.28. The molecule has 0 bridgehead atoms. The number of carbonyl (C=O) groups excluding carboxylic acids is 1. The van der Waals surface area contributed by atoms with Gasteiger partial charge in [0.2, 0.25) is 0 Å². The van der Waals surface area contributed by atoms with Crippen LogP contribution in [-0.2, 0) is 12.7 Å². The number of halogens is 3. The van der Waals surface area contributed by atoms with Crippen molar-refractivity contribution in [3.63, 3.8) is 0 Å². The second kappa shape index (κ2) is 5.70. The zero-order chi connectivity index (χ0) is 16.8. The summed E-state index contributed by atoms with van der Waals surface area (Å²) in [6.07, 6.45) is -4.46. The van der Waals surface area contributed by atoms with E-state index in [-0.39, 0.29) is 29.6 Å². The zero-order valence-corrected chi connectivity index (χ0v) is 13.2. The highest BCUT2D eigenvalue weighted by atomic mass is 19.4. The Balaban J connectivity index is 2.08. The topological polar surface area (TPSA) is 35.6 Å². The average Bonchev–Trinajstić information content (AvgIpc) is 2.84. The van der Waals surface area contributed by atoms with Crippen molar-refractivity contribution in [1.82, 2.24) is 10.2 Å². The summed E-state index contributed by atoms with van der Waals surface area (Å²) in [6, 6.07) is 2.70. The summed E-state index contributed by atoms with van der Waals surface area (Å²) in [5.41, 5.74) is 0.105. The van der Waals surface area contributed by atoms with E-state index in [0.717, 1.165) is 13.1 Å². The molecule has 1 aromatic carbocycles. The molecule has 1 amide bonds. The maximum absolute atomic E-state index is 13.5. The Hall–Kier alpha value is -1.76. The number of hydrogen-bond acceptors (Lipinski definition) is 3. The number of piperazine rings is 1. The van der Waals surface area contributed by atoms with E-state index in [9.17, 15) is 18.0 Å². The number of carbonyl (C=O) groups is 1. The normalized spacial score (nSPS) is 18.8. The van der Waals surface area contributed by atoms with Crippen molar-refractivity contribution in [2.75, 3.05) is 31.1 Å². The average molecular weight is 327 g/mol. The number of rotatable bonds is 2. The van der Waals surface area contributed by atoms with Crippen LogP contribution in [0.3, 0.4) is 0 Å². The monoisotopic (exact) mass is 327 g/mol. The van der Waals surface area contributed by atoms with Gasteiger partial charge < -0.3 is 15.1 Å². The van der Waals surface area contributed by atoms with E-state index in [4.69, 9.17) is 0 Å². The third-order valence-electron chi connectivity index (χ3n) is 4.47. The predicted octanol–water partition coefficient (Wildman–Crippen LogP) is 2.48. The number of amides is 1. The van der Waals surface area contributed by atoms with Crippen molar-refractivity contribution in [3.05, 3.63) is 28.8 Å².